The van der Waals surface area contributed by atoms with E-state index in [1.165, 1.54) is 15.5 Å². The standard InChI is InChI=1S/C7H6BBrO/c9-7-3-1-2-6-5(7)4-10-8-6/h1-3,8H,4H2. The maximum absolute atomic E-state index is 5.27. The monoisotopic (exact) mass is 196 g/mol. The van der Waals surface area contributed by atoms with Gasteiger partial charge in [0.05, 0.1) is 6.61 Å². The largest absolute Gasteiger partial charge is 0.430 e. The van der Waals surface area contributed by atoms with Gasteiger partial charge in [0, 0.05) is 4.47 Å². The van der Waals surface area contributed by atoms with Gasteiger partial charge in [0.2, 0.25) is 0 Å². The highest BCUT2D eigenvalue weighted by Crippen LogP contribution is 2.17. The lowest BCUT2D eigenvalue weighted by Gasteiger charge is -1.97. The van der Waals surface area contributed by atoms with Crippen LogP contribution in [0, 0.1) is 0 Å². The summed E-state index contributed by atoms with van der Waals surface area (Å²) in [7, 11) is 0.773. The van der Waals surface area contributed by atoms with Gasteiger partial charge < -0.3 is 4.65 Å². The van der Waals surface area contributed by atoms with Gasteiger partial charge in [0.15, 0.2) is 0 Å². The maximum atomic E-state index is 5.27. The van der Waals surface area contributed by atoms with Crippen molar-refractivity contribution in [3.05, 3.63) is 28.2 Å². The van der Waals surface area contributed by atoms with Crippen LogP contribution in [0.5, 0.6) is 0 Å². The van der Waals surface area contributed by atoms with Crippen LogP contribution < -0.4 is 5.46 Å². The Kier molecular flexibility index (Phi) is 1.55. The Labute approximate surface area is 68.8 Å². The molecule has 0 fully saturated rings. The number of halogens is 1. The van der Waals surface area contributed by atoms with Crippen LogP contribution in [0.25, 0.3) is 0 Å². The summed E-state index contributed by atoms with van der Waals surface area (Å²) in [4.78, 5) is 0. The molecule has 0 amide bonds. The summed E-state index contributed by atoms with van der Waals surface area (Å²) in [6.07, 6.45) is 0. The van der Waals surface area contributed by atoms with E-state index in [1.54, 1.807) is 0 Å². The molecule has 0 saturated heterocycles. The van der Waals surface area contributed by atoms with Crippen molar-refractivity contribution >= 4 is 28.9 Å². The summed E-state index contributed by atoms with van der Waals surface area (Å²) in [5.74, 6) is 0. The lowest BCUT2D eigenvalue weighted by Crippen LogP contribution is -2.10. The molecule has 0 atom stereocenters. The molecule has 0 unspecified atom stereocenters. The predicted molar refractivity (Wildman–Crippen MR) is 45.7 cm³/mol. The molecule has 2 rings (SSSR count). The first-order valence-corrected chi connectivity index (χ1v) is 4.01. The smallest absolute Gasteiger partial charge is 0.309 e. The van der Waals surface area contributed by atoms with E-state index in [9.17, 15) is 0 Å². The second kappa shape index (κ2) is 2.40. The Bertz CT molecular complexity index is 262. The predicted octanol–water partition coefficient (Wildman–Crippen LogP) is 0.956. The molecule has 1 heterocycles. The average Bonchev–Trinajstić information content (AvgIpc) is 2.36. The van der Waals surface area contributed by atoms with Crippen LogP contribution in [0.1, 0.15) is 5.56 Å². The van der Waals surface area contributed by atoms with E-state index in [-0.39, 0.29) is 0 Å². The number of rotatable bonds is 0. The van der Waals surface area contributed by atoms with Gasteiger partial charge in [-0.15, -0.1) is 0 Å². The van der Waals surface area contributed by atoms with Crippen LogP contribution in [0.4, 0.5) is 0 Å². The molecule has 0 aliphatic carbocycles. The normalized spacial score (nSPS) is 14.5. The number of hydrogen-bond acceptors (Lipinski definition) is 1. The lowest BCUT2D eigenvalue weighted by molar-refractivity contribution is 0.344. The Balaban J connectivity index is 2.59. The van der Waals surface area contributed by atoms with Gasteiger partial charge in [-0.3, -0.25) is 0 Å². The third kappa shape index (κ3) is 0.898. The second-order valence-corrected chi connectivity index (χ2v) is 3.22. The fraction of sp³-hybridized carbons (Fsp3) is 0.143. The zero-order chi connectivity index (χ0) is 6.97. The molecule has 50 valence electrons. The number of hydrogen-bond donors (Lipinski definition) is 0. The van der Waals surface area contributed by atoms with Gasteiger partial charge in [-0.05, 0) is 17.1 Å². The first-order chi connectivity index (χ1) is 4.88. The Morgan fingerprint density at radius 2 is 2.40 bits per heavy atom. The number of fused-ring (bicyclic) bond motifs is 1. The molecule has 0 aromatic heterocycles. The van der Waals surface area contributed by atoms with Gasteiger partial charge in [-0.25, -0.2) is 0 Å². The van der Waals surface area contributed by atoms with Gasteiger partial charge in [-0.1, -0.05) is 28.1 Å². The van der Waals surface area contributed by atoms with E-state index in [2.05, 4.69) is 22.0 Å². The first-order valence-electron chi connectivity index (χ1n) is 3.22. The highest BCUT2D eigenvalue weighted by atomic mass is 79.9. The quantitative estimate of drug-likeness (QED) is 0.562. The van der Waals surface area contributed by atoms with E-state index in [0.717, 1.165) is 14.1 Å². The molecule has 1 aromatic carbocycles. The zero-order valence-electron chi connectivity index (χ0n) is 5.43. The molecule has 1 nitrogen and oxygen atoms in total. The van der Waals surface area contributed by atoms with Crippen molar-refractivity contribution in [1.82, 2.24) is 0 Å². The van der Waals surface area contributed by atoms with E-state index in [1.807, 2.05) is 12.1 Å². The third-order valence-electron chi connectivity index (χ3n) is 1.72. The first kappa shape index (κ1) is 6.44. The molecular formula is C7H6BBrO. The minimum absolute atomic E-state index is 0.761. The third-order valence-corrected chi connectivity index (χ3v) is 2.46. The molecule has 0 bridgehead atoms. The molecule has 0 saturated carbocycles. The van der Waals surface area contributed by atoms with E-state index in [0.29, 0.717) is 0 Å². The van der Waals surface area contributed by atoms with Crippen molar-refractivity contribution in [3.63, 3.8) is 0 Å². The zero-order valence-corrected chi connectivity index (χ0v) is 7.02. The van der Waals surface area contributed by atoms with Crippen LogP contribution in [0.2, 0.25) is 0 Å². The molecule has 1 aromatic rings. The molecule has 1 aliphatic rings. The van der Waals surface area contributed by atoms with Crippen LogP contribution in [0.15, 0.2) is 22.7 Å². The molecule has 0 radical (unpaired) electrons. The van der Waals surface area contributed by atoms with Gasteiger partial charge in [0.25, 0.3) is 0 Å². The fourth-order valence-corrected chi connectivity index (χ4v) is 1.68. The number of benzene rings is 1. The SMILES string of the molecule is Brc1cccc2c1COB2. The van der Waals surface area contributed by atoms with Crippen LogP contribution in [-0.2, 0) is 11.3 Å². The topological polar surface area (TPSA) is 9.23 Å². The summed E-state index contributed by atoms with van der Waals surface area (Å²) in [5, 5.41) is 0. The van der Waals surface area contributed by atoms with Crippen LogP contribution in [0.3, 0.4) is 0 Å². The second-order valence-electron chi connectivity index (χ2n) is 2.37. The van der Waals surface area contributed by atoms with Crippen molar-refractivity contribution in [3.8, 4) is 0 Å². The Morgan fingerprint density at radius 3 is 3.20 bits per heavy atom. The van der Waals surface area contributed by atoms with Crippen molar-refractivity contribution in [2.75, 3.05) is 0 Å². The van der Waals surface area contributed by atoms with Crippen molar-refractivity contribution in [1.29, 1.82) is 0 Å². The summed E-state index contributed by atoms with van der Waals surface area (Å²) >= 11 is 3.47. The van der Waals surface area contributed by atoms with Crippen LogP contribution >= 0.6 is 15.9 Å². The minimum atomic E-state index is 0.761. The lowest BCUT2D eigenvalue weighted by atomic mass is 9.88. The molecule has 1 aliphatic heterocycles. The van der Waals surface area contributed by atoms with E-state index < -0.39 is 0 Å². The van der Waals surface area contributed by atoms with Gasteiger partial charge in [0.1, 0.15) is 0 Å². The summed E-state index contributed by atoms with van der Waals surface area (Å²) in [6, 6.07) is 6.19. The van der Waals surface area contributed by atoms with Crippen molar-refractivity contribution in [2.24, 2.45) is 0 Å². The molecule has 10 heavy (non-hydrogen) atoms. The fourth-order valence-electron chi connectivity index (χ4n) is 1.16. The van der Waals surface area contributed by atoms with Crippen LogP contribution in [-0.4, -0.2) is 7.48 Å². The molecule has 0 N–H and O–H groups in total. The average molecular weight is 197 g/mol. The van der Waals surface area contributed by atoms with Crippen molar-refractivity contribution < 1.29 is 4.65 Å². The van der Waals surface area contributed by atoms with Gasteiger partial charge >= 0.3 is 7.48 Å². The highest BCUT2D eigenvalue weighted by molar-refractivity contribution is 9.10. The minimum Gasteiger partial charge on any atom is -0.430 e. The summed E-state index contributed by atoms with van der Waals surface area (Å²) in [6.45, 7) is 0.761. The molecule has 3 heteroatoms. The van der Waals surface area contributed by atoms with Crippen molar-refractivity contribution in [2.45, 2.75) is 6.61 Å². The Morgan fingerprint density at radius 1 is 1.50 bits per heavy atom. The van der Waals surface area contributed by atoms with E-state index in [4.69, 9.17) is 4.65 Å². The summed E-state index contributed by atoms with van der Waals surface area (Å²) in [5.41, 5.74) is 2.62. The highest BCUT2D eigenvalue weighted by Gasteiger charge is 2.14. The molecule has 0 spiro atoms. The van der Waals surface area contributed by atoms with E-state index >= 15 is 0 Å². The maximum Gasteiger partial charge on any atom is 0.309 e. The summed E-state index contributed by atoms with van der Waals surface area (Å²) < 4.78 is 6.43. The van der Waals surface area contributed by atoms with Gasteiger partial charge in [-0.2, -0.15) is 0 Å². The Hall–Kier alpha value is -0.275. The molecular weight excluding hydrogens is 191 g/mol.